The summed E-state index contributed by atoms with van der Waals surface area (Å²) >= 11 is 0. The van der Waals surface area contributed by atoms with Gasteiger partial charge < -0.3 is 5.32 Å². The molecule has 0 bridgehead atoms. The summed E-state index contributed by atoms with van der Waals surface area (Å²) in [5.74, 6) is 2.76. The summed E-state index contributed by atoms with van der Waals surface area (Å²) in [6.45, 7) is 5.17. The molecule has 2 rings (SSSR count). The molecule has 0 aliphatic heterocycles. The van der Waals surface area contributed by atoms with Crippen molar-refractivity contribution in [2.75, 3.05) is 18.1 Å². The van der Waals surface area contributed by atoms with Crippen molar-refractivity contribution in [3.8, 4) is 0 Å². The van der Waals surface area contributed by atoms with E-state index in [1.54, 1.807) is 6.92 Å². The lowest BCUT2D eigenvalue weighted by Crippen LogP contribution is -2.34. The maximum absolute atomic E-state index is 11.7. The Bertz CT molecular complexity index is 376. The molecule has 3 nitrogen and oxygen atoms in total. The van der Waals surface area contributed by atoms with E-state index in [4.69, 9.17) is 0 Å². The standard InChI is InChI=1S/C15H29NO2S/c1-3-19(17,18)9-8-13-10-12(2)4-5-14(13)11-16-15-6-7-15/h12-16H,3-11H2,1-2H3. The highest BCUT2D eigenvalue weighted by molar-refractivity contribution is 7.91. The number of sulfone groups is 1. The largest absolute Gasteiger partial charge is 0.314 e. The maximum atomic E-state index is 11.7. The second kappa shape index (κ2) is 6.57. The van der Waals surface area contributed by atoms with Crippen LogP contribution >= 0.6 is 0 Å². The Morgan fingerprint density at radius 3 is 2.47 bits per heavy atom. The summed E-state index contributed by atoms with van der Waals surface area (Å²) in [5, 5.41) is 3.63. The molecule has 0 aromatic carbocycles. The lowest BCUT2D eigenvalue weighted by molar-refractivity contribution is 0.180. The minimum Gasteiger partial charge on any atom is -0.314 e. The molecule has 0 saturated heterocycles. The highest BCUT2D eigenvalue weighted by atomic mass is 32.2. The molecule has 4 heteroatoms. The molecule has 2 fully saturated rings. The monoisotopic (exact) mass is 287 g/mol. The van der Waals surface area contributed by atoms with E-state index >= 15 is 0 Å². The summed E-state index contributed by atoms with van der Waals surface area (Å²) in [6, 6.07) is 0.763. The molecule has 19 heavy (non-hydrogen) atoms. The zero-order valence-corrected chi connectivity index (χ0v) is 13.2. The summed E-state index contributed by atoms with van der Waals surface area (Å²) in [4.78, 5) is 0. The van der Waals surface area contributed by atoms with Crippen molar-refractivity contribution in [1.29, 1.82) is 0 Å². The van der Waals surface area contributed by atoms with Crippen LogP contribution in [0.25, 0.3) is 0 Å². The molecular weight excluding hydrogens is 258 g/mol. The molecule has 0 aromatic heterocycles. The van der Waals surface area contributed by atoms with Crippen LogP contribution in [0.3, 0.4) is 0 Å². The van der Waals surface area contributed by atoms with E-state index in [0.717, 1.165) is 24.9 Å². The van der Waals surface area contributed by atoms with Gasteiger partial charge >= 0.3 is 0 Å². The van der Waals surface area contributed by atoms with Crippen LogP contribution in [-0.2, 0) is 9.84 Å². The summed E-state index contributed by atoms with van der Waals surface area (Å²) in [5.41, 5.74) is 0. The third-order valence-corrected chi connectivity index (χ3v) is 6.62. The average Bonchev–Trinajstić information content (AvgIpc) is 3.19. The molecule has 3 unspecified atom stereocenters. The van der Waals surface area contributed by atoms with Gasteiger partial charge in [0, 0.05) is 11.8 Å². The van der Waals surface area contributed by atoms with E-state index < -0.39 is 9.84 Å². The Balaban J connectivity index is 1.84. The van der Waals surface area contributed by atoms with Gasteiger partial charge in [0.25, 0.3) is 0 Å². The highest BCUT2D eigenvalue weighted by Crippen LogP contribution is 2.36. The second-order valence-electron chi connectivity index (χ2n) is 6.65. The van der Waals surface area contributed by atoms with Gasteiger partial charge in [0.1, 0.15) is 9.84 Å². The van der Waals surface area contributed by atoms with E-state index in [0.29, 0.717) is 23.3 Å². The van der Waals surface area contributed by atoms with Gasteiger partial charge in [-0.15, -0.1) is 0 Å². The Kier molecular flexibility index (Phi) is 5.29. The van der Waals surface area contributed by atoms with Crippen LogP contribution in [0.5, 0.6) is 0 Å². The molecule has 0 amide bonds. The highest BCUT2D eigenvalue weighted by Gasteiger charge is 2.31. The van der Waals surface area contributed by atoms with Gasteiger partial charge in [-0.1, -0.05) is 20.3 Å². The second-order valence-corrected chi connectivity index (χ2v) is 9.12. The van der Waals surface area contributed by atoms with E-state index in [2.05, 4.69) is 12.2 Å². The van der Waals surface area contributed by atoms with Crippen LogP contribution in [0, 0.1) is 17.8 Å². The third kappa shape index (κ3) is 5.07. The Morgan fingerprint density at radius 2 is 1.84 bits per heavy atom. The number of rotatable bonds is 7. The molecule has 3 atom stereocenters. The third-order valence-electron chi connectivity index (χ3n) is 4.89. The molecule has 1 N–H and O–H groups in total. The van der Waals surface area contributed by atoms with Gasteiger partial charge in [0.15, 0.2) is 0 Å². The quantitative estimate of drug-likeness (QED) is 0.783. The zero-order valence-electron chi connectivity index (χ0n) is 12.4. The average molecular weight is 287 g/mol. The summed E-state index contributed by atoms with van der Waals surface area (Å²) in [7, 11) is -2.80. The van der Waals surface area contributed by atoms with Crippen molar-refractivity contribution < 1.29 is 8.42 Å². The van der Waals surface area contributed by atoms with Gasteiger partial charge in [-0.05, 0) is 56.4 Å². The predicted octanol–water partition coefficient (Wildman–Crippen LogP) is 2.62. The fraction of sp³-hybridized carbons (Fsp3) is 1.00. The van der Waals surface area contributed by atoms with Crippen LogP contribution in [-0.4, -0.2) is 32.5 Å². The normalized spacial score (nSPS) is 32.4. The van der Waals surface area contributed by atoms with Gasteiger partial charge in [0.05, 0.1) is 5.75 Å². The number of hydrogen-bond acceptors (Lipinski definition) is 3. The summed E-state index contributed by atoms with van der Waals surface area (Å²) < 4.78 is 23.4. The molecular formula is C15H29NO2S. The topological polar surface area (TPSA) is 46.2 Å². The molecule has 0 aromatic rings. The zero-order chi connectivity index (χ0) is 13.9. The van der Waals surface area contributed by atoms with Crippen LogP contribution in [0.2, 0.25) is 0 Å². The van der Waals surface area contributed by atoms with E-state index in [9.17, 15) is 8.42 Å². The predicted molar refractivity (Wildman–Crippen MR) is 80.0 cm³/mol. The first kappa shape index (κ1) is 15.3. The van der Waals surface area contributed by atoms with Crippen molar-refractivity contribution >= 4 is 9.84 Å². The van der Waals surface area contributed by atoms with E-state index in [1.165, 1.54) is 32.1 Å². The minimum absolute atomic E-state index is 0.292. The smallest absolute Gasteiger partial charge is 0.150 e. The van der Waals surface area contributed by atoms with Crippen molar-refractivity contribution in [2.45, 2.75) is 58.4 Å². The Hall–Kier alpha value is -0.0900. The van der Waals surface area contributed by atoms with E-state index in [1.807, 2.05) is 0 Å². The minimum atomic E-state index is -2.80. The van der Waals surface area contributed by atoms with Crippen LogP contribution in [0.1, 0.15) is 52.4 Å². The molecule has 0 spiro atoms. The first-order chi connectivity index (χ1) is 9.00. The summed E-state index contributed by atoms with van der Waals surface area (Å²) in [6.07, 6.45) is 7.34. The molecule has 2 saturated carbocycles. The van der Waals surface area contributed by atoms with Crippen LogP contribution in [0.4, 0.5) is 0 Å². The fourth-order valence-electron chi connectivity index (χ4n) is 3.26. The van der Waals surface area contributed by atoms with E-state index in [-0.39, 0.29) is 0 Å². The van der Waals surface area contributed by atoms with Crippen LogP contribution in [0.15, 0.2) is 0 Å². The Labute approximate surface area is 118 Å². The molecule has 112 valence electrons. The van der Waals surface area contributed by atoms with Crippen molar-refractivity contribution in [3.63, 3.8) is 0 Å². The first-order valence-corrected chi connectivity index (χ1v) is 9.76. The van der Waals surface area contributed by atoms with Gasteiger partial charge in [-0.3, -0.25) is 0 Å². The molecule has 2 aliphatic carbocycles. The maximum Gasteiger partial charge on any atom is 0.150 e. The molecule has 0 radical (unpaired) electrons. The van der Waals surface area contributed by atoms with Gasteiger partial charge in [-0.2, -0.15) is 0 Å². The SMILES string of the molecule is CCS(=O)(=O)CCC1CC(C)CCC1CNC1CC1. The lowest BCUT2D eigenvalue weighted by Gasteiger charge is -2.35. The van der Waals surface area contributed by atoms with Crippen molar-refractivity contribution in [1.82, 2.24) is 5.32 Å². The van der Waals surface area contributed by atoms with Gasteiger partial charge in [-0.25, -0.2) is 8.42 Å². The first-order valence-electron chi connectivity index (χ1n) is 7.94. The lowest BCUT2D eigenvalue weighted by atomic mass is 9.73. The fourth-order valence-corrected chi connectivity index (χ4v) is 4.22. The van der Waals surface area contributed by atoms with Crippen LogP contribution < -0.4 is 5.32 Å². The van der Waals surface area contributed by atoms with Crippen molar-refractivity contribution in [3.05, 3.63) is 0 Å². The number of nitrogens with one attached hydrogen (secondary N) is 1. The number of hydrogen-bond donors (Lipinski definition) is 1. The molecule has 0 heterocycles. The molecule has 2 aliphatic rings. The Morgan fingerprint density at radius 1 is 1.11 bits per heavy atom. The van der Waals surface area contributed by atoms with Crippen molar-refractivity contribution in [2.24, 2.45) is 17.8 Å². The van der Waals surface area contributed by atoms with Gasteiger partial charge in [0.2, 0.25) is 0 Å².